The monoisotopic (exact) mass is 262 g/mol. The highest BCUT2D eigenvalue weighted by molar-refractivity contribution is 5.18. The van der Waals surface area contributed by atoms with Crippen molar-refractivity contribution in [2.75, 3.05) is 13.6 Å². The molecule has 0 saturated carbocycles. The van der Waals surface area contributed by atoms with Gasteiger partial charge in [-0.2, -0.15) is 0 Å². The Bertz CT molecular complexity index is 538. The van der Waals surface area contributed by atoms with Crippen molar-refractivity contribution in [3.8, 4) is 0 Å². The van der Waals surface area contributed by atoms with E-state index in [0.29, 0.717) is 18.7 Å². The summed E-state index contributed by atoms with van der Waals surface area (Å²) in [6, 6.07) is 10.6. The molecule has 1 unspecified atom stereocenters. The fourth-order valence-corrected chi connectivity index (χ4v) is 2.15. The van der Waals surface area contributed by atoms with Crippen LogP contribution in [0, 0.1) is 12.7 Å². The number of benzene rings is 1. The van der Waals surface area contributed by atoms with Crippen molar-refractivity contribution >= 4 is 0 Å². The summed E-state index contributed by atoms with van der Waals surface area (Å²) >= 11 is 0. The van der Waals surface area contributed by atoms with Crippen molar-refractivity contribution in [2.24, 2.45) is 5.73 Å². The minimum atomic E-state index is -0.194. The largest absolute Gasteiger partial charge is 0.465 e. The van der Waals surface area contributed by atoms with E-state index in [0.717, 1.165) is 11.5 Å². The van der Waals surface area contributed by atoms with Crippen molar-refractivity contribution in [2.45, 2.75) is 19.5 Å². The van der Waals surface area contributed by atoms with E-state index in [1.54, 1.807) is 12.1 Å². The molecule has 1 heterocycles. The number of hydrogen-bond donors (Lipinski definition) is 1. The van der Waals surface area contributed by atoms with Crippen molar-refractivity contribution in [3.63, 3.8) is 0 Å². The average Bonchev–Trinajstić information content (AvgIpc) is 2.80. The van der Waals surface area contributed by atoms with Gasteiger partial charge in [-0.1, -0.05) is 18.2 Å². The van der Waals surface area contributed by atoms with E-state index >= 15 is 0 Å². The summed E-state index contributed by atoms with van der Waals surface area (Å²) in [6.45, 7) is 2.82. The maximum atomic E-state index is 13.6. The highest BCUT2D eigenvalue weighted by atomic mass is 19.1. The molecule has 0 amide bonds. The van der Waals surface area contributed by atoms with Gasteiger partial charge in [-0.3, -0.25) is 4.90 Å². The van der Waals surface area contributed by atoms with Crippen LogP contribution in [0.1, 0.15) is 23.1 Å². The standard InChI is InChI=1S/C15H19FN2O/c1-11-7-8-15(19-11)14(9-17)18(2)10-12-5-3-4-6-13(12)16/h3-8,14H,9-10,17H2,1-2H3. The first kappa shape index (κ1) is 13.8. The SMILES string of the molecule is Cc1ccc(C(CN)N(C)Cc2ccccc2F)o1. The first-order valence-electron chi connectivity index (χ1n) is 6.32. The Morgan fingerprint density at radius 3 is 2.58 bits per heavy atom. The second-order valence-electron chi connectivity index (χ2n) is 4.71. The summed E-state index contributed by atoms with van der Waals surface area (Å²) in [5, 5.41) is 0. The van der Waals surface area contributed by atoms with Crippen LogP contribution < -0.4 is 5.73 Å². The van der Waals surface area contributed by atoms with Crippen LogP contribution in [0.15, 0.2) is 40.8 Å². The molecule has 4 heteroatoms. The smallest absolute Gasteiger partial charge is 0.127 e. The van der Waals surface area contributed by atoms with Crippen LogP contribution in [-0.2, 0) is 6.54 Å². The lowest BCUT2D eigenvalue weighted by Gasteiger charge is -2.25. The summed E-state index contributed by atoms with van der Waals surface area (Å²) in [4.78, 5) is 2.00. The predicted molar refractivity (Wildman–Crippen MR) is 73.1 cm³/mol. The molecule has 0 aliphatic carbocycles. The molecule has 3 nitrogen and oxygen atoms in total. The number of furan rings is 1. The van der Waals surface area contributed by atoms with Crippen molar-refractivity contribution in [3.05, 3.63) is 59.3 Å². The molecule has 0 aliphatic rings. The Morgan fingerprint density at radius 1 is 1.26 bits per heavy atom. The van der Waals surface area contributed by atoms with Crippen LogP contribution >= 0.6 is 0 Å². The van der Waals surface area contributed by atoms with Crippen LogP contribution in [0.5, 0.6) is 0 Å². The van der Waals surface area contributed by atoms with Gasteiger partial charge in [0, 0.05) is 18.7 Å². The van der Waals surface area contributed by atoms with Gasteiger partial charge in [-0.25, -0.2) is 4.39 Å². The van der Waals surface area contributed by atoms with Crippen LogP contribution in [0.4, 0.5) is 4.39 Å². The van der Waals surface area contributed by atoms with Gasteiger partial charge >= 0.3 is 0 Å². The summed E-state index contributed by atoms with van der Waals surface area (Å²) < 4.78 is 19.3. The lowest BCUT2D eigenvalue weighted by Crippen LogP contribution is -2.30. The molecule has 19 heavy (non-hydrogen) atoms. The predicted octanol–water partition coefficient (Wildman–Crippen LogP) is 2.86. The third-order valence-corrected chi connectivity index (χ3v) is 3.22. The zero-order valence-corrected chi connectivity index (χ0v) is 11.3. The first-order chi connectivity index (χ1) is 9.11. The van der Waals surface area contributed by atoms with Crippen molar-refractivity contribution in [1.82, 2.24) is 4.90 Å². The Hall–Kier alpha value is -1.65. The van der Waals surface area contributed by atoms with E-state index in [1.165, 1.54) is 6.07 Å². The molecule has 0 saturated heterocycles. The normalized spacial score (nSPS) is 12.9. The number of aryl methyl sites for hydroxylation is 1. The van der Waals surface area contributed by atoms with E-state index in [1.807, 2.05) is 37.1 Å². The van der Waals surface area contributed by atoms with Crippen LogP contribution in [-0.4, -0.2) is 18.5 Å². The Morgan fingerprint density at radius 2 is 2.00 bits per heavy atom. The molecule has 102 valence electrons. The Balaban J connectivity index is 2.13. The molecule has 0 bridgehead atoms. The lowest BCUT2D eigenvalue weighted by molar-refractivity contribution is 0.209. The highest BCUT2D eigenvalue weighted by Crippen LogP contribution is 2.23. The summed E-state index contributed by atoms with van der Waals surface area (Å²) in [7, 11) is 1.92. The number of hydrogen-bond acceptors (Lipinski definition) is 3. The quantitative estimate of drug-likeness (QED) is 0.901. The van der Waals surface area contributed by atoms with Gasteiger partial charge in [-0.05, 0) is 32.2 Å². The molecule has 0 aliphatic heterocycles. The van der Waals surface area contributed by atoms with Gasteiger partial charge in [0.05, 0.1) is 6.04 Å². The van der Waals surface area contributed by atoms with Crippen LogP contribution in [0.3, 0.4) is 0 Å². The maximum absolute atomic E-state index is 13.6. The molecule has 1 atom stereocenters. The zero-order valence-electron chi connectivity index (χ0n) is 11.3. The summed E-state index contributed by atoms with van der Waals surface area (Å²) in [5.74, 6) is 1.48. The third kappa shape index (κ3) is 3.22. The molecule has 1 aromatic carbocycles. The van der Waals surface area contributed by atoms with Crippen LogP contribution in [0.25, 0.3) is 0 Å². The van der Waals surface area contributed by atoms with E-state index in [-0.39, 0.29) is 11.9 Å². The van der Waals surface area contributed by atoms with E-state index in [4.69, 9.17) is 10.2 Å². The van der Waals surface area contributed by atoms with Gasteiger partial charge < -0.3 is 10.2 Å². The summed E-state index contributed by atoms with van der Waals surface area (Å²) in [6.07, 6.45) is 0. The van der Waals surface area contributed by atoms with Gasteiger partial charge in [-0.15, -0.1) is 0 Å². The fourth-order valence-electron chi connectivity index (χ4n) is 2.15. The van der Waals surface area contributed by atoms with Crippen molar-refractivity contribution < 1.29 is 8.81 Å². The van der Waals surface area contributed by atoms with Gasteiger partial charge in [0.15, 0.2) is 0 Å². The third-order valence-electron chi connectivity index (χ3n) is 3.22. The molecule has 2 aromatic rings. The van der Waals surface area contributed by atoms with E-state index in [9.17, 15) is 4.39 Å². The van der Waals surface area contributed by atoms with E-state index < -0.39 is 0 Å². The molecule has 2 N–H and O–H groups in total. The Labute approximate surface area is 112 Å². The Kier molecular flexibility index (Phi) is 4.35. The minimum Gasteiger partial charge on any atom is -0.465 e. The average molecular weight is 262 g/mol. The number of nitrogens with zero attached hydrogens (tertiary/aromatic N) is 1. The van der Waals surface area contributed by atoms with Gasteiger partial charge in [0.25, 0.3) is 0 Å². The second-order valence-corrected chi connectivity index (χ2v) is 4.71. The number of halogens is 1. The number of nitrogens with two attached hydrogens (primary N) is 1. The van der Waals surface area contributed by atoms with Crippen molar-refractivity contribution in [1.29, 1.82) is 0 Å². The topological polar surface area (TPSA) is 42.4 Å². The zero-order chi connectivity index (χ0) is 13.8. The molecular formula is C15H19FN2O. The molecule has 0 spiro atoms. The first-order valence-corrected chi connectivity index (χ1v) is 6.32. The lowest BCUT2D eigenvalue weighted by atomic mass is 10.1. The number of likely N-dealkylation sites (N-methyl/N-ethyl adjacent to an activating group) is 1. The van der Waals surface area contributed by atoms with Crippen LogP contribution in [0.2, 0.25) is 0 Å². The molecule has 2 rings (SSSR count). The van der Waals surface area contributed by atoms with Gasteiger partial charge in [0.2, 0.25) is 0 Å². The second kappa shape index (κ2) is 5.99. The highest BCUT2D eigenvalue weighted by Gasteiger charge is 2.19. The van der Waals surface area contributed by atoms with E-state index in [2.05, 4.69) is 0 Å². The summed E-state index contributed by atoms with van der Waals surface area (Å²) in [5.41, 5.74) is 6.47. The fraction of sp³-hybridized carbons (Fsp3) is 0.333. The number of rotatable bonds is 5. The molecule has 0 radical (unpaired) electrons. The molecule has 0 fully saturated rings. The molecular weight excluding hydrogens is 243 g/mol. The maximum Gasteiger partial charge on any atom is 0.127 e. The van der Waals surface area contributed by atoms with Gasteiger partial charge in [0.1, 0.15) is 17.3 Å². The minimum absolute atomic E-state index is 0.0479. The molecule has 1 aromatic heterocycles.